The molecule has 0 bridgehead atoms. The molecule has 3 rings (SSSR count). The Labute approximate surface area is 138 Å². The summed E-state index contributed by atoms with van der Waals surface area (Å²) in [5, 5.41) is 10.0. The van der Waals surface area contributed by atoms with Crippen molar-refractivity contribution in [3.05, 3.63) is 0 Å². The molecule has 5 heteroatoms. The van der Waals surface area contributed by atoms with Gasteiger partial charge in [0, 0.05) is 6.61 Å². The van der Waals surface area contributed by atoms with E-state index in [0.29, 0.717) is 31.7 Å². The summed E-state index contributed by atoms with van der Waals surface area (Å²) in [5.74, 6) is 0.217. The Hall–Kier alpha value is -0.650. The fraction of sp³-hybridized carbons (Fsp3) is 0.944. The summed E-state index contributed by atoms with van der Waals surface area (Å²) in [6, 6.07) is 0. The average Bonchev–Trinajstić information content (AvgIpc) is 3.16. The molecule has 23 heavy (non-hydrogen) atoms. The van der Waals surface area contributed by atoms with E-state index in [9.17, 15) is 9.90 Å². The average molecular weight is 326 g/mol. The molecule has 1 heterocycles. The van der Waals surface area contributed by atoms with Crippen LogP contribution in [-0.4, -0.2) is 48.2 Å². The van der Waals surface area contributed by atoms with Gasteiger partial charge >= 0.3 is 5.97 Å². The summed E-state index contributed by atoms with van der Waals surface area (Å²) >= 11 is 0. The normalized spacial score (nSPS) is 42.8. The van der Waals surface area contributed by atoms with Gasteiger partial charge in [0.15, 0.2) is 0 Å². The topological polar surface area (TPSA) is 68.3 Å². The summed E-state index contributed by atoms with van der Waals surface area (Å²) in [4.78, 5) is 12.0. The molecule has 2 saturated carbocycles. The molecule has 1 aliphatic heterocycles. The van der Waals surface area contributed by atoms with Crippen LogP contribution in [0.1, 0.15) is 58.8 Å². The summed E-state index contributed by atoms with van der Waals surface area (Å²) in [6.07, 6.45) is 6.78. The van der Waals surface area contributed by atoms with Crippen LogP contribution in [0.5, 0.6) is 0 Å². The van der Waals surface area contributed by atoms with E-state index in [1.807, 2.05) is 0 Å². The molecule has 0 aromatic heterocycles. The first-order chi connectivity index (χ1) is 10.9. The quantitative estimate of drug-likeness (QED) is 0.461. The highest BCUT2D eigenvalue weighted by Crippen LogP contribution is 2.49. The third kappa shape index (κ3) is 4.46. The van der Waals surface area contributed by atoms with Crippen LogP contribution in [-0.2, 0) is 19.0 Å². The van der Waals surface area contributed by atoms with Crippen molar-refractivity contribution < 1.29 is 24.1 Å². The molecule has 0 aromatic rings. The highest BCUT2D eigenvalue weighted by Gasteiger charge is 2.55. The number of hydrogen-bond donors (Lipinski definition) is 1. The SMILES string of the molecule is CC1(O)CCCC(C(=O)OCCOCC2CCC3(C)OC3C2)C1. The zero-order valence-electron chi connectivity index (χ0n) is 14.4. The number of carbonyl (C=O) groups excluding carboxylic acids is 1. The van der Waals surface area contributed by atoms with Crippen LogP contribution in [0, 0.1) is 11.8 Å². The van der Waals surface area contributed by atoms with E-state index in [-0.39, 0.29) is 17.5 Å². The minimum absolute atomic E-state index is 0.160. The number of epoxide rings is 1. The molecule has 0 spiro atoms. The van der Waals surface area contributed by atoms with Crippen molar-refractivity contribution in [1.82, 2.24) is 0 Å². The van der Waals surface area contributed by atoms with Gasteiger partial charge in [0.25, 0.3) is 0 Å². The van der Waals surface area contributed by atoms with E-state index in [2.05, 4.69) is 6.92 Å². The summed E-state index contributed by atoms with van der Waals surface area (Å²) < 4.78 is 16.7. The zero-order valence-corrected chi connectivity index (χ0v) is 14.4. The highest BCUT2D eigenvalue weighted by molar-refractivity contribution is 5.72. The van der Waals surface area contributed by atoms with E-state index in [1.54, 1.807) is 6.92 Å². The maximum atomic E-state index is 12.0. The fourth-order valence-corrected chi connectivity index (χ4v) is 4.11. The van der Waals surface area contributed by atoms with Crippen LogP contribution in [0.15, 0.2) is 0 Å². The minimum atomic E-state index is -0.723. The Bertz CT molecular complexity index is 435. The second-order valence-electron chi connectivity index (χ2n) is 8.09. The molecular weight excluding hydrogens is 296 g/mol. The maximum Gasteiger partial charge on any atom is 0.309 e. The maximum absolute atomic E-state index is 12.0. The van der Waals surface area contributed by atoms with Gasteiger partial charge in [-0.3, -0.25) is 4.79 Å². The van der Waals surface area contributed by atoms with Gasteiger partial charge in [-0.2, -0.15) is 0 Å². The number of fused-ring (bicyclic) bond motifs is 1. The largest absolute Gasteiger partial charge is 0.463 e. The van der Waals surface area contributed by atoms with Gasteiger partial charge in [-0.15, -0.1) is 0 Å². The third-order valence-electron chi connectivity index (χ3n) is 5.74. The predicted octanol–water partition coefficient (Wildman–Crippen LogP) is 2.45. The van der Waals surface area contributed by atoms with Crippen molar-refractivity contribution in [3.8, 4) is 0 Å². The predicted molar refractivity (Wildman–Crippen MR) is 85.0 cm³/mol. The second kappa shape index (κ2) is 6.69. The first-order valence-corrected chi connectivity index (χ1v) is 9.03. The number of aliphatic hydroxyl groups is 1. The fourth-order valence-electron chi connectivity index (χ4n) is 4.11. The molecule has 0 amide bonds. The Morgan fingerprint density at radius 1 is 1.26 bits per heavy atom. The molecule has 1 saturated heterocycles. The molecule has 0 radical (unpaired) electrons. The molecule has 3 aliphatic rings. The lowest BCUT2D eigenvalue weighted by Gasteiger charge is -2.32. The van der Waals surface area contributed by atoms with E-state index in [0.717, 1.165) is 45.1 Å². The molecule has 5 unspecified atom stereocenters. The van der Waals surface area contributed by atoms with Crippen LogP contribution in [0.2, 0.25) is 0 Å². The van der Waals surface area contributed by atoms with Crippen molar-refractivity contribution >= 4 is 5.97 Å². The van der Waals surface area contributed by atoms with Crippen molar-refractivity contribution in [1.29, 1.82) is 0 Å². The standard InChI is InChI=1S/C18H30O5/c1-17(20)6-3-4-14(11-17)16(19)22-9-8-21-12-13-5-7-18(2)15(10-13)23-18/h13-15,20H,3-12H2,1-2H3. The van der Waals surface area contributed by atoms with Crippen molar-refractivity contribution in [2.75, 3.05) is 19.8 Å². The lowest BCUT2D eigenvalue weighted by Crippen LogP contribution is -2.36. The van der Waals surface area contributed by atoms with Crippen molar-refractivity contribution in [2.24, 2.45) is 11.8 Å². The Morgan fingerprint density at radius 3 is 2.83 bits per heavy atom. The molecule has 0 aromatic carbocycles. The molecule has 2 aliphatic carbocycles. The van der Waals surface area contributed by atoms with Crippen LogP contribution in [0.4, 0.5) is 0 Å². The molecule has 132 valence electrons. The minimum Gasteiger partial charge on any atom is -0.463 e. The van der Waals surface area contributed by atoms with E-state index in [4.69, 9.17) is 14.2 Å². The monoisotopic (exact) mass is 326 g/mol. The van der Waals surface area contributed by atoms with Gasteiger partial charge in [-0.05, 0) is 64.7 Å². The first-order valence-electron chi connectivity index (χ1n) is 9.03. The molecular formula is C18H30O5. The third-order valence-corrected chi connectivity index (χ3v) is 5.74. The van der Waals surface area contributed by atoms with E-state index < -0.39 is 5.60 Å². The second-order valence-corrected chi connectivity index (χ2v) is 8.09. The first kappa shape index (κ1) is 17.2. The summed E-state index contributed by atoms with van der Waals surface area (Å²) in [7, 11) is 0. The summed E-state index contributed by atoms with van der Waals surface area (Å²) in [6.45, 7) is 5.48. The molecule has 3 fully saturated rings. The lowest BCUT2D eigenvalue weighted by molar-refractivity contribution is -0.154. The Kier molecular flexibility index (Phi) is 5.00. The number of rotatable bonds is 6. The van der Waals surface area contributed by atoms with E-state index >= 15 is 0 Å². The lowest BCUT2D eigenvalue weighted by atomic mass is 9.79. The van der Waals surface area contributed by atoms with Gasteiger partial charge in [0.1, 0.15) is 6.61 Å². The van der Waals surface area contributed by atoms with Gasteiger partial charge in [0.2, 0.25) is 0 Å². The van der Waals surface area contributed by atoms with Crippen LogP contribution in [0.25, 0.3) is 0 Å². The van der Waals surface area contributed by atoms with Crippen LogP contribution >= 0.6 is 0 Å². The number of esters is 1. The highest BCUT2D eigenvalue weighted by atomic mass is 16.6. The zero-order chi connectivity index (χ0) is 16.5. The molecule has 1 N–H and O–H groups in total. The van der Waals surface area contributed by atoms with Crippen molar-refractivity contribution in [3.63, 3.8) is 0 Å². The van der Waals surface area contributed by atoms with Crippen LogP contribution < -0.4 is 0 Å². The van der Waals surface area contributed by atoms with Gasteiger partial charge in [-0.25, -0.2) is 0 Å². The van der Waals surface area contributed by atoms with E-state index in [1.165, 1.54) is 0 Å². The molecule has 5 atom stereocenters. The van der Waals surface area contributed by atoms with Crippen LogP contribution in [0.3, 0.4) is 0 Å². The van der Waals surface area contributed by atoms with Gasteiger partial charge < -0.3 is 19.3 Å². The Morgan fingerprint density at radius 2 is 2.09 bits per heavy atom. The number of hydrogen-bond acceptors (Lipinski definition) is 5. The van der Waals surface area contributed by atoms with Crippen molar-refractivity contribution in [2.45, 2.75) is 76.1 Å². The smallest absolute Gasteiger partial charge is 0.309 e. The number of carbonyl (C=O) groups is 1. The number of ether oxygens (including phenoxy) is 3. The van der Waals surface area contributed by atoms with Gasteiger partial charge in [0.05, 0.1) is 29.8 Å². The summed E-state index contributed by atoms with van der Waals surface area (Å²) in [5.41, 5.74) is -0.563. The Balaban J connectivity index is 1.26. The van der Waals surface area contributed by atoms with Gasteiger partial charge in [-0.1, -0.05) is 0 Å². The molecule has 5 nitrogen and oxygen atoms in total.